The highest BCUT2D eigenvalue weighted by Crippen LogP contribution is 2.37. The average molecular weight is 245 g/mol. The van der Waals surface area contributed by atoms with E-state index in [0.29, 0.717) is 5.75 Å². The van der Waals surface area contributed by atoms with Gasteiger partial charge < -0.3 is 10.0 Å². The van der Waals surface area contributed by atoms with Gasteiger partial charge in [-0.3, -0.25) is 0 Å². The normalized spacial score (nSPS) is 29.4. The van der Waals surface area contributed by atoms with Crippen molar-refractivity contribution in [3.63, 3.8) is 0 Å². The number of hydrogen-bond acceptors (Lipinski definition) is 2. The fourth-order valence-corrected chi connectivity index (χ4v) is 3.28. The van der Waals surface area contributed by atoms with Crippen LogP contribution in [0.25, 0.3) is 0 Å². The molecule has 0 bridgehead atoms. The Labute approximate surface area is 110 Å². The van der Waals surface area contributed by atoms with E-state index < -0.39 is 0 Å². The lowest BCUT2D eigenvalue weighted by molar-refractivity contribution is 0.151. The van der Waals surface area contributed by atoms with Crippen LogP contribution in [-0.4, -0.2) is 29.6 Å². The molecule has 1 aliphatic carbocycles. The molecule has 0 amide bonds. The van der Waals surface area contributed by atoms with Crippen LogP contribution in [0.4, 0.5) is 0 Å². The highest BCUT2D eigenvalue weighted by molar-refractivity contribution is 5.33. The Morgan fingerprint density at radius 1 is 1.39 bits per heavy atom. The van der Waals surface area contributed by atoms with Gasteiger partial charge in [0.15, 0.2) is 0 Å². The minimum Gasteiger partial charge on any atom is -0.508 e. The van der Waals surface area contributed by atoms with E-state index in [1.54, 1.807) is 6.07 Å². The Hall–Kier alpha value is -1.02. The molecular weight excluding hydrogens is 222 g/mol. The topological polar surface area (TPSA) is 23.5 Å². The van der Waals surface area contributed by atoms with Gasteiger partial charge in [-0.25, -0.2) is 0 Å². The SMILES string of the molecule is C[C@]1(c2cccc(O)c2)CCCN(CC2CC2)C1. The third-order valence-corrected chi connectivity index (χ3v) is 4.53. The summed E-state index contributed by atoms with van der Waals surface area (Å²) in [6, 6.07) is 7.84. The second-order valence-electron chi connectivity index (χ2n) is 6.39. The van der Waals surface area contributed by atoms with Gasteiger partial charge in [-0.2, -0.15) is 0 Å². The molecule has 18 heavy (non-hydrogen) atoms. The van der Waals surface area contributed by atoms with Crippen molar-refractivity contribution >= 4 is 0 Å². The number of aromatic hydroxyl groups is 1. The molecule has 2 heteroatoms. The lowest BCUT2D eigenvalue weighted by Gasteiger charge is -2.41. The Kier molecular flexibility index (Phi) is 3.06. The highest BCUT2D eigenvalue weighted by atomic mass is 16.3. The van der Waals surface area contributed by atoms with Crippen molar-refractivity contribution in [3.05, 3.63) is 29.8 Å². The van der Waals surface area contributed by atoms with E-state index in [9.17, 15) is 5.11 Å². The van der Waals surface area contributed by atoms with Crippen molar-refractivity contribution in [1.29, 1.82) is 0 Å². The first-order chi connectivity index (χ1) is 8.66. The van der Waals surface area contributed by atoms with Gasteiger partial charge in [-0.05, 0) is 55.8 Å². The van der Waals surface area contributed by atoms with Crippen LogP contribution in [0.5, 0.6) is 5.75 Å². The van der Waals surface area contributed by atoms with Gasteiger partial charge in [0.05, 0.1) is 0 Å². The van der Waals surface area contributed by atoms with E-state index >= 15 is 0 Å². The first kappa shape index (κ1) is 12.0. The van der Waals surface area contributed by atoms with Gasteiger partial charge in [-0.15, -0.1) is 0 Å². The maximum Gasteiger partial charge on any atom is 0.115 e. The summed E-state index contributed by atoms with van der Waals surface area (Å²) in [5.41, 5.74) is 1.51. The summed E-state index contributed by atoms with van der Waals surface area (Å²) < 4.78 is 0. The number of benzene rings is 1. The molecule has 0 aromatic heterocycles. The maximum atomic E-state index is 9.67. The van der Waals surface area contributed by atoms with Crippen LogP contribution in [0.1, 0.15) is 38.2 Å². The molecule has 1 saturated heterocycles. The third kappa shape index (κ3) is 2.54. The number of likely N-dealkylation sites (tertiary alicyclic amines) is 1. The van der Waals surface area contributed by atoms with Gasteiger partial charge >= 0.3 is 0 Å². The quantitative estimate of drug-likeness (QED) is 0.884. The van der Waals surface area contributed by atoms with Gasteiger partial charge in [-0.1, -0.05) is 19.1 Å². The first-order valence-electron chi connectivity index (χ1n) is 7.18. The summed E-state index contributed by atoms with van der Waals surface area (Å²) in [6.45, 7) is 6.03. The molecule has 1 heterocycles. The molecule has 1 saturated carbocycles. The number of phenolic OH excluding ortho intramolecular Hbond substituents is 1. The molecule has 1 atom stereocenters. The number of rotatable bonds is 3. The molecule has 1 aromatic carbocycles. The molecule has 0 spiro atoms. The Morgan fingerprint density at radius 3 is 2.94 bits per heavy atom. The summed E-state index contributed by atoms with van der Waals surface area (Å²) in [5.74, 6) is 1.37. The molecule has 1 N–H and O–H groups in total. The highest BCUT2D eigenvalue weighted by Gasteiger charge is 2.35. The molecule has 0 radical (unpaired) electrons. The predicted molar refractivity (Wildman–Crippen MR) is 73.9 cm³/mol. The number of hydrogen-bond donors (Lipinski definition) is 1. The second-order valence-corrected chi connectivity index (χ2v) is 6.39. The molecule has 3 rings (SSSR count). The smallest absolute Gasteiger partial charge is 0.115 e. The van der Waals surface area contributed by atoms with Gasteiger partial charge in [0.25, 0.3) is 0 Å². The molecule has 1 aromatic rings. The number of piperidine rings is 1. The number of phenols is 1. The fraction of sp³-hybridized carbons (Fsp3) is 0.625. The standard InChI is InChI=1S/C16H23NO/c1-16(14-4-2-5-15(18)10-14)8-3-9-17(12-16)11-13-6-7-13/h2,4-5,10,13,18H,3,6-9,11-12H2,1H3/t16-/m0/s1. The molecule has 2 fully saturated rings. The summed E-state index contributed by atoms with van der Waals surface area (Å²) in [4.78, 5) is 2.63. The predicted octanol–water partition coefficient (Wildman–Crippen LogP) is 3.16. The summed E-state index contributed by atoms with van der Waals surface area (Å²) in [7, 11) is 0. The Balaban J connectivity index is 1.75. The fourth-order valence-electron chi connectivity index (χ4n) is 3.28. The summed E-state index contributed by atoms with van der Waals surface area (Å²) in [6.07, 6.45) is 5.37. The van der Waals surface area contributed by atoms with E-state index in [1.807, 2.05) is 12.1 Å². The maximum absolute atomic E-state index is 9.67. The van der Waals surface area contributed by atoms with Crippen LogP contribution < -0.4 is 0 Å². The van der Waals surface area contributed by atoms with Crippen molar-refractivity contribution in [2.75, 3.05) is 19.6 Å². The van der Waals surface area contributed by atoms with Crippen LogP contribution in [0.2, 0.25) is 0 Å². The molecule has 2 aliphatic rings. The van der Waals surface area contributed by atoms with E-state index in [-0.39, 0.29) is 5.41 Å². The van der Waals surface area contributed by atoms with E-state index in [4.69, 9.17) is 0 Å². The molecule has 2 nitrogen and oxygen atoms in total. The molecule has 98 valence electrons. The van der Waals surface area contributed by atoms with Crippen LogP contribution in [0.15, 0.2) is 24.3 Å². The zero-order valence-corrected chi connectivity index (χ0v) is 11.2. The second kappa shape index (κ2) is 4.58. The Bertz CT molecular complexity index is 427. The number of nitrogens with zero attached hydrogens (tertiary/aromatic N) is 1. The largest absolute Gasteiger partial charge is 0.508 e. The molecule has 0 unspecified atom stereocenters. The van der Waals surface area contributed by atoms with Gasteiger partial charge in [0, 0.05) is 18.5 Å². The van der Waals surface area contributed by atoms with Gasteiger partial charge in [0.1, 0.15) is 5.75 Å². The zero-order valence-electron chi connectivity index (χ0n) is 11.2. The minimum absolute atomic E-state index is 0.214. The van der Waals surface area contributed by atoms with Gasteiger partial charge in [0.2, 0.25) is 0 Å². The van der Waals surface area contributed by atoms with Crippen LogP contribution in [0, 0.1) is 5.92 Å². The van der Waals surface area contributed by atoms with Crippen molar-refractivity contribution < 1.29 is 5.11 Å². The van der Waals surface area contributed by atoms with Crippen molar-refractivity contribution in [2.45, 2.75) is 38.0 Å². The van der Waals surface area contributed by atoms with Crippen LogP contribution >= 0.6 is 0 Å². The van der Waals surface area contributed by atoms with Crippen LogP contribution in [-0.2, 0) is 5.41 Å². The van der Waals surface area contributed by atoms with Crippen molar-refractivity contribution in [1.82, 2.24) is 4.90 Å². The lowest BCUT2D eigenvalue weighted by Crippen LogP contribution is -2.45. The monoisotopic (exact) mass is 245 g/mol. The van der Waals surface area contributed by atoms with Crippen LogP contribution in [0.3, 0.4) is 0 Å². The lowest BCUT2D eigenvalue weighted by atomic mass is 9.76. The molecule has 1 aliphatic heterocycles. The minimum atomic E-state index is 0.214. The summed E-state index contributed by atoms with van der Waals surface area (Å²) >= 11 is 0. The zero-order chi connectivity index (χ0) is 12.6. The Morgan fingerprint density at radius 2 is 2.22 bits per heavy atom. The van der Waals surface area contributed by atoms with Crippen molar-refractivity contribution in [2.24, 2.45) is 5.92 Å². The third-order valence-electron chi connectivity index (χ3n) is 4.53. The van der Waals surface area contributed by atoms with Crippen molar-refractivity contribution in [3.8, 4) is 5.75 Å². The van der Waals surface area contributed by atoms with E-state index in [2.05, 4.69) is 17.9 Å². The molecular formula is C16H23NO. The first-order valence-corrected chi connectivity index (χ1v) is 7.18. The van der Waals surface area contributed by atoms with E-state index in [0.717, 1.165) is 12.5 Å². The average Bonchev–Trinajstić information content (AvgIpc) is 3.13. The summed E-state index contributed by atoms with van der Waals surface area (Å²) in [5, 5.41) is 9.67. The van der Waals surface area contributed by atoms with E-state index in [1.165, 1.54) is 44.3 Å².